The van der Waals surface area contributed by atoms with E-state index >= 15 is 0 Å². The van der Waals surface area contributed by atoms with Crippen molar-refractivity contribution in [3.8, 4) is 0 Å². The Hall–Kier alpha value is -0.860. The monoisotopic (exact) mass is 218 g/mol. The van der Waals surface area contributed by atoms with E-state index in [1.54, 1.807) is 0 Å². The molecule has 0 bridgehead atoms. The lowest BCUT2D eigenvalue weighted by molar-refractivity contribution is 0.162. The third kappa shape index (κ3) is 2.00. The number of piperidine rings is 1. The molecule has 0 aromatic heterocycles. The van der Waals surface area contributed by atoms with Crippen molar-refractivity contribution in [2.24, 2.45) is 5.73 Å². The van der Waals surface area contributed by atoms with Crippen LogP contribution in [0.5, 0.6) is 0 Å². The average molecular weight is 218 g/mol. The standard InChI is InChI=1S/C14H22N2/c1-10-6-4-7-12(11(10)2)14-13(15)8-5-9-16(14)3/h4,6-7,13-14H,5,8-9,15H2,1-3H3. The van der Waals surface area contributed by atoms with E-state index in [1.165, 1.54) is 23.1 Å². The van der Waals surface area contributed by atoms with E-state index < -0.39 is 0 Å². The van der Waals surface area contributed by atoms with Gasteiger partial charge in [0.05, 0.1) is 0 Å². The highest BCUT2D eigenvalue weighted by molar-refractivity contribution is 5.36. The molecule has 1 aliphatic rings. The van der Waals surface area contributed by atoms with Crippen LogP contribution < -0.4 is 5.73 Å². The van der Waals surface area contributed by atoms with Gasteiger partial charge in [-0.1, -0.05) is 18.2 Å². The van der Waals surface area contributed by atoms with Gasteiger partial charge in [0.1, 0.15) is 0 Å². The van der Waals surface area contributed by atoms with Crippen molar-refractivity contribution in [3.63, 3.8) is 0 Å². The lowest BCUT2D eigenvalue weighted by Gasteiger charge is -2.38. The minimum Gasteiger partial charge on any atom is -0.326 e. The van der Waals surface area contributed by atoms with Crippen LogP contribution in [0.4, 0.5) is 0 Å². The molecule has 1 fully saturated rings. The highest BCUT2D eigenvalue weighted by Gasteiger charge is 2.28. The smallest absolute Gasteiger partial charge is 0.0499 e. The molecular formula is C14H22N2. The molecule has 16 heavy (non-hydrogen) atoms. The minimum absolute atomic E-state index is 0.277. The first-order valence-corrected chi connectivity index (χ1v) is 6.13. The normalized spacial score (nSPS) is 27.0. The second-order valence-electron chi connectivity index (χ2n) is 5.02. The first-order valence-electron chi connectivity index (χ1n) is 6.13. The van der Waals surface area contributed by atoms with Crippen molar-refractivity contribution in [3.05, 3.63) is 34.9 Å². The lowest BCUT2D eigenvalue weighted by atomic mass is 9.88. The maximum atomic E-state index is 6.28. The second kappa shape index (κ2) is 4.56. The van der Waals surface area contributed by atoms with Gasteiger partial charge in [-0.25, -0.2) is 0 Å². The summed E-state index contributed by atoms with van der Waals surface area (Å²) in [6.45, 7) is 5.54. The number of nitrogens with two attached hydrogens (primary N) is 1. The van der Waals surface area contributed by atoms with Gasteiger partial charge in [0.15, 0.2) is 0 Å². The predicted octanol–water partition coefficient (Wildman–Crippen LogP) is 2.40. The van der Waals surface area contributed by atoms with Crippen molar-refractivity contribution >= 4 is 0 Å². The molecule has 2 rings (SSSR count). The van der Waals surface area contributed by atoms with Gasteiger partial charge < -0.3 is 5.73 Å². The molecule has 0 radical (unpaired) electrons. The Labute approximate surface area is 98.4 Å². The highest BCUT2D eigenvalue weighted by atomic mass is 15.2. The van der Waals surface area contributed by atoms with Crippen molar-refractivity contribution in [1.29, 1.82) is 0 Å². The van der Waals surface area contributed by atoms with Gasteiger partial charge in [-0.2, -0.15) is 0 Å². The molecule has 0 saturated carbocycles. The summed E-state index contributed by atoms with van der Waals surface area (Å²) >= 11 is 0. The Bertz CT molecular complexity index is 363. The van der Waals surface area contributed by atoms with E-state index in [0.717, 1.165) is 13.0 Å². The summed E-state index contributed by atoms with van der Waals surface area (Å²) in [6.07, 6.45) is 2.36. The first-order chi connectivity index (χ1) is 7.61. The van der Waals surface area contributed by atoms with Crippen LogP contribution in [0.3, 0.4) is 0 Å². The van der Waals surface area contributed by atoms with Crippen LogP contribution in [-0.4, -0.2) is 24.5 Å². The van der Waals surface area contributed by atoms with E-state index in [2.05, 4.69) is 44.0 Å². The molecule has 1 saturated heterocycles. The minimum atomic E-state index is 0.277. The van der Waals surface area contributed by atoms with Crippen LogP contribution in [0.2, 0.25) is 0 Å². The first kappa shape index (κ1) is 11.6. The van der Waals surface area contributed by atoms with Gasteiger partial charge in [0, 0.05) is 12.1 Å². The zero-order valence-electron chi connectivity index (χ0n) is 10.5. The van der Waals surface area contributed by atoms with Crippen molar-refractivity contribution in [2.45, 2.75) is 38.8 Å². The molecule has 0 aliphatic carbocycles. The van der Waals surface area contributed by atoms with Gasteiger partial charge in [0.2, 0.25) is 0 Å². The SMILES string of the molecule is Cc1cccc(C2C(N)CCCN2C)c1C. The van der Waals surface area contributed by atoms with Gasteiger partial charge in [-0.05, 0) is 57.0 Å². The number of hydrogen-bond donors (Lipinski definition) is 1. The topological polar surface area (TPSA) is 29.3 Å². The van der Waals surface area contributed by atoms with Gasteiger partial charge in [-0.3, -0.25) is 4.90 Å². The fourth-order valence-electron chi connectivity index (χ4n) is 2.76. The summed E-state index contributed by atoms with van der Waals surface area (Å²) < 4.78 is 0. The van der Waals surface area contributed by atoms with Crippen LogP contribution in [0.15, 0.2) is 18.2 Å². The molecule has 2 atom stereocenters. The Morgan fingerprint density at radius 1 is 1.31 bits per heavy atom. The van der Waals surface area contributed by atoms with E-state index in [9.17, 15) is 0 Å². The Balaban J connectivity index is 2.38. The Morgan fingerprint density at radius 3 is 2.75 bits per heavy atom. The van der Waals surface area contributed by atoms with Gasteiger partial charge >= 0.3 is 0 Å². The van der Waals surface area contributed by atoms with E-state index in [0.29, 0.717) is 6.04 Å². The maximum Gasteiger partial charge on any atom is 0.0499 e. The molecule has 2 N–H and O–H groups in total. The van der Waals surface area contributed by atoms with Crippen molar-refractivity contribution in [2.75, 3.05) is 13.6 Å². The summed E-state index contributed by atoms with van der Waals surface area (Å²) in [5.41, 5.74) is 10.5. The molecule has 2 unspecified atom stereocenters. The van der Waals surface area contributed by atoms with Crippen molar-refractivity contribution in [1.82, 2.24) is 4.90 Å². The number of nitrogens with zero attached hydrogens (tertiary/aromatic N) is 1. The molecule has 2 heteroatoms. The van der Waals surface area contributed by atoms with Gasteiger partial charge in [0.25, 0.3) is 0 Å². The van der Waals surface area contributed by atoms with Gasteiger partial charge in [-0.15, -0.1) is 0 Å². The summed E-state index contributed by atoms with van der Waals surface area (Å²) in [4.78, 5) is 2.40. The number of likely N-dealkylation sites (tertiary alicyclic amines) is 1. The molecule has 1 heterocycles. The molecule has 0 amide bonds. The van der Waals surface area contributed by atoms with Crippen LogP contribution in [0.25, 0.3) is 0 Å². The quantitative estimate of drug-likeness (QED) is 0.784. The molecule has 1 aromatic carbocycles. The molecular weight excluding hydrogens is 196 g/mol. The fourth-order valence-corrected chi connectivity index (χ4v) is 2.76. The molecule has 1 aromatic rings. The summed E-state index contributed by atoms with van der Waals surface area (Å²) in [5.74, 6) is 0. The zero-order valence-corrected chi connectivity index (χ0v) is 10.5. The van der Waals surface area contributed by atoms with Crippen LogP contribution in [0.1, 0.15) is 35.6 Å². The average Bonchev–Trinajstić information content (AvgIpc) is 2.24. The number of rotatable bonds is 1. The molecule has 0 spiro atoms. The Kier molecular flexibility index (Phi) is 3.31. The zero-order chi connectivity index (χ0) is 11.7. The van der Waals surface area contributed by atoms with E-state index in [-0.39, 0.29) is 6.04 Å². The fraction of sp³-hybridized carbons (Fsp3) is 0.571. The number of aryl methyl sites for hydroxylation is 1. The molecule has 1 aliphatic heterocycles. The van der Waals surface area contributed by atoms with E-state index in [4.69, 9.17) is 5.73 Å². The largest absolute Gasteiger partial charge is 0.326 e. The van der Waals surface area contributed by atoms with E-state index in [1.807, 2.05) is 0 Å². The number of benzene rings is 1. The predicted molar refractivity (Wildman–Crippen MR) is 68.5 cm³/mol. The lowest BCUT2D eigenvalue weighted by Crippen LogP contribution is -2.44. The van der Waals surface area contributed by atoms with Crippen molar-refractivity contribution < 1.29 is 0 Å². The summed E-state index contributed by atoms with van der Waals surface area (Å²) in [6, 6.07) is 7.22. The van der Waals surface area contributed by atoms with Crippen LogP contribution >= 0.6 is 0 Å². The molecule has 2 nitrogen and oxygen atoms in total. The third-order valence-electron chi connectivity index (χ3n) is 3.89. The highest BCUT2D eigenvalue weighted by Crippen LogP contribution is 2.31. The summed E-state index contributed by atoms with van der Waals surface area (Å²) in [5, 5.41) is 0. The second-order valence-corrected chi connectivity index (χ2v) is 5.02. The third-order valence-corrected chi connectivity index (χ3v) is 3.89. The Morgan fingerprint density at radius 2 is 2.06 bits per heavy atom. The maximum absolute atomic E-state index is 6.28. The summed E-state index contributed by atoms with van der Waals surface area (Å²) in [7, 11) is 2.19. The number of likely N-dealkylation sites (N-methyl/N-ethyl adjacent to an activating group) is 1. The van der Waals surface area contributed by atoms with Crippen LogP contribution in [0, 0.1) is 13.8 Å². The molecule has 88 valence electrons. The number of hydrogen-bond acceptors (Lipinski definition) is 2. The van der Waals surface area contributed by atoms with Crippen LogP contribution in [-0.2, 0) is 0 Å².